The van der Waals surface area contributed by atoms with Crippen LogP contribution in [-0.2, 0) is 11.3 Å². The Kier molecular flexibility index (Phi) is 4.84. The fourth-order valence-corrected chi connectivity index (χ4v) is 4.69. The number of halogens is 1. The van der Waals surface area contributed by atoms with Crippen molar-refractivity contribution in [2.45, 2.75) is 24.2 Å². The second kappa shape index (κ2) is 7.66. The zero-order valence-electron chi connectivity index (χ0n) is 15.6. The van der Waals surface area contributed by atoms with Gasteiger partial charge in [0.1, 0.15) is 11.1 Å². The van der Waals surface area contributed by atoms with Crippen LogP contribution in [-0.4, -0.2) is 31.0 Å². The molecule has 0 saturated heterocycles. The molecule has 1 unspecified atom stereocenters. The summed E-state index contributed by atoms with van der Waals surface area (Å²) < 4.78 is 8.45. The van der Waals surface area contributed by atoms with Crippen molar-refractivity contribution in [3.8, 4) is 5.69 Å². The summed E-state index contributed by atoms with van der Waals surface area (Å²) in [4.78, 5) is 30.2. The van der Waals surface area contributed by atoms with Crippen LogP contribution in [0.2, 0.25) is 5.02 Å². The summed E-state index contributed by atoms with van der Waals surface area (Å²) in [6.45, 7) is 0.318. The first-order chi connectivity index (χ1) is 14.6. The number of carbonyl (C=O) groups excluding carboxylic acids is 1. The summed E-state index contributed by atoms with van der Waals surface area (Å²) in [5, 5.41) is 8.79. The molecular weight excluding hydrogens is 426 g/mol. The molecule has 1 N–H and O–H groups in total. The molecule has 0 spiro atoms. The molecule has 4 aromatic rings. The van der Waals surface area contributed by atoms with Crippen LogP contribution in [0.15, 0.2) is 63.2 Å². The summed E-state index contributed by atoms with van der Waals surface area (Å²) in [5.74, 6) is 1.14. The minimum Gasteiger partial charge on any atom is -0.467 e. The maximum atomic E-state index is 13.1. The number of amides is 1. The fourth-order valence-electron chi connectivity index (χ4n) is 3.44. The van der Waals surface area contributed by atoms with Gasteiger partial charge in [0.05, 0.1) is 30.7 Å². The first-order valence-electron chi connectivity index (χ1n) is 9.28. The number of furan rings is 1. The molecule has 0 radical (unpaired) electrons. The third kappa shape index (κ3) is 3.40. The number of benzene rings is 1. The summed E-state index contributed by atoms with van der Waals surface area (Å²) in [5.41, 5.74) is 1.07. The van der Waals surface area contributed by atoms with Crippen molar-refractivity contribution >= 4 is 40.3 Å². The number of aromatic nitrogens is 4. The summed E-state index contributed by atoms with van der Waals surface area (Å²) in [6, 6.07) is 10.5. The van der Waals surface area contributed by atoms with Crippen LogP contribution in [0.4, 0.5) is 0 Å². The van der Waals surface area contributed by atoms with Gasteiger partial charge in [-0.25, -0.2) is 9.67 Å². The van der Waals surface area contributed by atoms with Gasteiger partial charge in [-0.15, -0.1) is 0 Å². The average Bonchev–Trinajstić information content (AvgIpc) is 3.48. The van der Waals surface area contributed by atoms with Gasteiger partial charge in [0.15, 0.2) is 10.8 Å². The summed E-state index contributed by atoms with van der Waals surface area (Å²) in [6.07, 6.45) is 3.27. The Morgan fingerprint density at radius 1 is 1.30 bits per heavy atom. The second-order valence-electron chi connectivity index (χ2n) is 6.86. The van der Waals surface area contributed by atoms with Gasteiger partial charge in [0.25, 0.3) is 5.56 Å². The van der Waals surface area contributed by atoms with E-state index in [1.165, 1.54) is 18.0 Å². The van der Waals surface area contributed by atoms with Gasteiger partial charge in [-0.1, -0.05) is 23.4 Å². The average molecular weight is 442 g/mol. The lowest BCUT2D eigenvalue weighted by Crippen LogP contribution is -2.30. The van der Waals surface area contributed by atoms with E-state index in [2.05, 4.69) is 15.4 Å². The van der Waals surface area contributed by atoms with E-state index in [0.29, 0.717) is 39.3 Å². The highest BCUT2D eigenvalue weighted by atomic mass is 35.5. The molecule has 1 aliphatic rings. The van der Waals surface area contributed by atoms with Crippen molar-refractivity contribution in [3.05, 3.63) is 70.0 Å². The van der Waals surface area contributed by atoms with E-state index < -0.39 is 0 Å². The molecule has 1 aromatic carbocycles. The molecule has 1 amide bonds. The van der Waals surface area contributed by atoms with E-state index in [0.717, 1.165) is 5.69 Å². The lowest BCUT2D eigenvalue weighted by molar-refractivity contribution is -0.122. The lowest BCUT2D eigenvalue weighted by Gasteiger charge is -2.13. The smallest absolute Gasteiger partial charge is 0.265 e. The molecule has 1 aliphatic heterocycles. The summed E-state index contributed by atoms with van der Waals surface area (Å²) in [7, 11) is 0. The Labute approximate surface area is 179 Å². The fraction of sp³-hybridized carbons (Fsp3) is 0.200. The number of thioether (sulfide) groups is 1. The Morgan fingerprint density at radius 3 is 2.90 bits per heavy atom. The Morgan fingerprint density at radius 2 is 2.13 bits per heavy atom. The monoisotopic (exact) mass is 441 g/mol. The van der Waals surface area contributed by atoms with Crippen LogP contribution in [0.1, 0.15) is 18.2 Å². The predicted octanol–water partition coefficient (Wildman–Crippen LogP) is 3.18. The Bertz CT molecular complexity index is 1280. The number of hydrogen-bond donors (Lipinski definition) is 1. The van der Waals surface area contributed by atoms with Crippen LogP contribution in [0.5, 0.6) is 0 Å². The number of hydrogen-bond acceptors (Lipinski definition) is 6. The zero-order valence-corrected chi connectivity index (χ0v) is 17.2. The van der Waals surface area contributed by atoms with E-state index in [1.807, 2.05) is 12.1 Å². The molecule has 0 saturated carbocycles. The van der Waals surface area contributed by atoms with E-state index in [-0.39, 0.29) is 23.9 Å². The predicted molar refractivity (Wildman–Crippen MR) is 113 cm³/mol. The zero-order chi connectivity index (χ0) is 20.7. The normalized spacial score (nSPS) is 15.4. The highest BCUT2D eigenvalue weighted by Gasteiger charge is 2.29. The maximum Gasteiger partial charge on any atom is 0.265 e. The molecule has 8 nitrogen and oxygen atoms in total. The van der Waals surface area contributed by atoms with Crippen molar-refractivity contribution in [2.75, 3.05) is 5.75 Å². The van der Waals surface area contributed by atoms with E-state index in [4.69, 9.17) is 16.0 Å². The Balaban J connectivity index is 1.42. The molecule has 0 aliphatic carbocycles. The molecule has 10 heteroatoms. The second-order valence-corrected chi connectivity index (χ2v) is 8.29. The number of fused-ring (bicyclic) bond motifs is 2. The van der Waals surface area contributed by atoms with Gasteiger partial charge in [-0.05, 0) is 36.4 Å². The van der Waals surface area contributed by atoms with Crippen molar-refractivity contribution in [2.24, 2.45) is 0 Å². The lowest BCUT2D eigenvalue weighted by atomic mass is 10.2. The summed E-state index contributed by atoms with van der Waals surface area (Å²) >= 11 is 7.43. The van der Waals surface area contributed by atoms with Gasteiger partial charge >= 0.3 is 0 Å². The minimum absolute atomic E-state index is 0.145. The van der Waals surface area contributed by atoms with Crippen LogP contribution in [0.25, 0.3) is 16.7 Å². The van der Waals surface area contributed by atoms with E-state index >= 15 is 0 Å². The Hall–Kier alpha value is -3.04. The molecule has 0 fully saturated rings. The van der Waals surface area contributed by atoms with Crippen molar-refractivity contribution in [3.63, 3.8) is 0 Å². The number of carbonyl (C=O) groups is 1. The molecule has 4 heterocycles. The first-order valence-corrected chi connectivity index (χ1v) is 10.6. The van der Waals surface area contributed by atoms with Gasteiger partial charge in [-0.3, -0.25) is 14.2 Å². The maximum absolute atomic E-state index is 13.1. The molecule has 0 bridgehead atoms. The van der Waals surface area contributed by atoms with Crippen molar-refractivity contribution in [1.29, 1.82) is 0 Å². The van der Waals surface area contributed by atoms with Crippen LogP contribution in [0.3, 0.4) is 0 Å². The molecule has 1 atom stereocenters. The van der Waals surface area contributed by atoms with Crippen LogP contribution in [0, 0.1) is 0 Å². The van der Waals surface area contributed by atoms with Crippen molar-refractivity contribution < 1.29 is 9.21 Å². The standard InChI is InChI=1S/C20H16ClN5O3S/c21-12-3-5-13(6-4-12)26-18-16(10-23-26)19(28)25-14(11-30-20(25)24-18)8-17(27)22-9-15-2-1-7-29-15/h1-7,10,14H,8-9,11H2,(H,22,27). The quantitative estimate of drug-likeness (QED) is 0.478. The topological polar surface area (TPSA) is 95.0 Å². The van der Waals surface area contributed by atoms with Gasteiger partial charge in [-0.2, -0.15) is 5.10 Å². The third-order valence-corrected chi connectivity index (χ3v) is 6.25. The molecular formula is C20H16ClN5O3S. The highest BCUT2D eigenvalue weighted by Crippen LogP contribution is 2.33. The van der Waals surface area contributed by atoms with Crippen LogP contribution < -0.4 is 10.9 Å². The third-order valence-electron chi connectivity index (χ3n) is 4.90. The molecule has 30 heavy (non-hydrogen) atoms. The van der Waals surface area contributed by atoms with E-state index in [9.17, 15) is 9.59 Å². The molecule has 152 valence electrons. The first kappa shape index (κ1) is 19.0. The molecule has 5 rings (SSSR count). The van der Waals surface area contributed by atoms with Gasteiger partial charge < -0.3 is 9.73 Å². The SMILES string of the molecule is O=C(CC1CSc2nc3c(cnn3-c3ccc(Cl)cc3)c(=O)n21)NCc1ccco1. The van der Waals surface area contributed by atoms with E-state index in [1.54, 1.807) is 39.8 Å². The highest BCUT2D eigenvalue weighted by molar-refractivity contribution is 7.99. The largest absolute Gasteiger partial charge is 0.467 e. The minimum atomic E-state index is -0.259. The number of rotatable bonds is 5. The van der Waals surface area contributed by atoms with Crippen molar-refractivity contribution in [1.82, 2.24) is 24.6 Å². The van der Waals surface area contributed by atoms with Gasteiger partial charge in [0.2, 0.25) is 5.91 Å². The van der Waals surface area contributed by atoms with Gasteiger partial charge in [0, 0.05) is 17.2 Å². The number of nitrogens with zero attached hydrogens (tertiary/aromatic N) is 4. The number of nitrogens with one attached hydrogen (secondary N) is 1. The van der Waals surface area contributed by atoms with Crippen LogP contribution >= 0.6 is 23.4 Å². The molecule has 3 aromatic heterocycles.